The lowest BCUT2D eigenvalue weighted by Crippen LogP contribution is -2.07. The van der Waals surface area contributed by atoms with Crippen LogP contribution in [-0.2, 0) is 12.8 Å². The van der Waals surface area contributed by atoms with Crippen LogP contribution in [-0.4, -0.2) is 11.1 Å². The van der Waals surface area contributed by atoms with Crippen LogP contribution in [0.4, 0.5) is 0 Å². The molecule has 1 N–H and O–H groups in total. The molecule has 0 amide bonds. The van der Waals surface area contributed by atoms with Gasteiger partial charge in [0.25, 0.3) is 0 Å². The zero-order chi connectivity index (χ0) is 11.6. The summed E-state index contributed by atoms with van der Waals surface area (Å²) in [7, 11) is 0. The van der Waals surface area contributed by atoms with Gasteiger partial charge in [-0.15, -0.1) is 0 Å². The van der Waals surface area contributed by atoms with Gasteiger partial charge in [0.15, 0.2) is 0 Å². The van der Waals surface area contributed by atoms with Gasteiger partial charge in [0.05, 0.1) is 5.56 Å². The van der Waals surface area contributed by atoms with Crippen LogP contribution in [0.1, 0.15) is 46.5 Å². The molecule has 0 saturated heterocycles. The first-order valence-corrected chi connectivity index (χ1v) is 5.38. The molecular formula is C13H18O2. The van der Waals surface area contributed by atoms with E-state index in [0.717, 1.165) is 24.0 Å². The first-order valence-electron chi connectivity index (χ1n) is 5.38. The molecule has 0 bridgehead atoms. The third-order valence-corrected chi connectivity index (χ3v) is 3.00. The molecule has 0 saturated carbocycles. The molecule has 15 heavy (non-hydrogen) atoms. The summed E-state index contributed by atoms with van der Waals surface area (Å²) >= 11 is 0. The Hall–Kier alpha value is -1.31. The van der Waals surface area contributed by atoms with E-state index in [1.807, 2.05) is 13.8 Å². The first-order chi connectivity index (χ1) is 7.02. The summed E-state index contributed by atoms with van der Waals surface area (Å²) in [5.74, 6) is -0.826. The third kappa shape index (κ3) is 2.04. The molecule has 0 aliphatic carbocycles. The Kier molecular flexibility index (Phi) is 3.51. The van der Waals surface area contributed by atoms with Gasteiger partial charge in [-0.3, -0.25) is 0 Å². The van der Waals surface area contributed by atoms with Crippen molar-refractivity contribution in [3.63, 3.8) is 0 Å². The number of rotatable bonds is 3. The standard InChI is InChI=1S/C13H18O2/c1-5-10-8(3)7-12(13(14)15)9(4)11(10)6-2/h7H,5-6H2,1-4H3,(H,14,15). The van der Waals surface area contributed by atoms with Crippen LogP contribution in [0.3, 0.4) is 0 Å². The minimum absolute atomic E-state index is 0.446. The highest BCUT2D eigenvalue weighted by Crippen LogP contribution is 2.23. The summed E-state index contributed by atoms with van der Waals surface area (Å²) in [5.41, 5.74) is 4.97. The van der Waals surface area contributed by atoms with Gasteiger partial charge in [-0.25, -0.2) is 4.79 Å². The lowest BCUT2D eigenvalue weighted by Gasteiger charge is -2.15. The van der Waals surface area contributed by atoms with Crippen LogP contribution >= 0.6 is 0 Å². The topological polar surface area (TPSA) is 37.3 Å². The number of aromatic carboxylic acids is 1. The number of benzene rings is 1. The number of carboxylic acid groups (broad SMARTS) is 1. The Bertz CT molecular complexity index is 392. The van der Waals surface area contributed by atoms with Crippen molar-refractivity contribution in [3.05, 3.63) is 33.9 Å². The molecular weight excluding hydrogens is 188 g/mol. The third-order valence-electron chi connectivity index (χ3n) is 3.00. The van der Waals surface area contributed by atoms with Gasteiger partial charge < -0.3 is 5.11 Å². The molecule has 0 unspecified atom stereocenters. The summed E-state index contributed by atoms with van der Waals surface area (Å²) in [6.45, 7) is 8.08. The fourth-order valence-electron chi connectivity index (χ4n) is 2.23. The maximum absolute atomic E-state index is 11.0. The molecule has 82 valence electrons. The van der Waals surface area contributed by atoms with Crippen molar-refractivity contribution in [2.75, 3.05) is 0 Å². The molecule has 0 aromatic heterocycles. The monoisotopic (exact) mass is 206 g/mol. The van der Waals surface area contributed by atoms with Crippen LogP contribution in [0.5, 0.6) is 0 Å². The highest BCUT2D eigenvalue weighted by molar-refractivity contribution is 5.90. The van der Waals surface area contributed by atoms with Crippen molar-refractivity contribution < 1.29 is 9.90 Å². The zero-order valence-electron chi connectivity index (χ0n) is 9.85. The van der Waals surface area contributed by atoms with Crippen molar-refractivity contribution in [3.8, 4) is 0 Å². The van der Waals surface area contributed by atoms with E-state index in [1.165, 1.54) is 11.1 Å². The second kappa shape index (κ2) is 4.47. The molecule has 0 aliphatic heterocycles. The second-order valence-electron chi connectivity index (χ2n) is 3.84. The number of carbonyl (C=O) groups is 1. The zero-order valence-corrected chi connectivity index (χ0v) is 9.85. The molecule has 1 rings (SSSR count). The number of hydrogen-bond donors (Lipinski definition) is 1. The van der Waals surface area contributed by atoms with Gasteiger partial charge in [-0.05, 0) is 55.0 Å². The Balaban J connectivity index is 3.51. The molecule has 0 fully saturated rings. The van der Waals surface area contributed by atoms with E-state index in [2.05, 4.69) is 13.8 Å². The number of hydrogen-bond acceptors (Lipinski definition) is 1. The second-order valence-corrected chi connectivity index (χ2v) is 3.84. The summed E-state index contributed by atoms with van der Waals surface area (Å²) in [5, 5.41) is 9.07. The van der Waals surface area contributed by atoms with E-state index < -0.39 is 5.97 Å². The average molecular weight is 206 g/mol. The summed E-state index contributed by atoms with van der Waals surface area (Å²) in [6, 6.07) is 1.79. The molecule has 0 aliphatic rings. The van der Waals surface area contributed by atoms with E-state index in [0.29, 0.717) is 5.56 Å². The maximum Gasteiger partial charge on any atom is 0.335 e. The molecule has 1 aromatic carbocycles. The Morgan fingerprint density at radius 3 is 2.13 bits per heavy atom. The highest BCUT2D eigenvalue weighted by atomic mass is 16.4. The SMILES string of the molecule is CCc1c(C)cc(C(=O)O)c(C)c1CC. The van der Waals surface area contributed by atoms with Crippen LogP contribution in [0.2, 0.25) is 0 Å². The molecule has 1 aromatic rings. The molecule has 2 heteroatoms. The van der Waals surface area contributed by atoms with Crippen molar-refractivity contribution >= 4 is 5.97 Å². The highest BCUT2D eigenvalue weighted by Gasteiger charge is 2.14. The van der Waals surface area contributed by atoms with Crippen molar-refractivity contribution in [2.45, 2.75) is 40.5 Å². The minimum atomic E-state index is -0.826. The smallest absolute Gasteiger partial charge is 0.335 e. The van der Waals surface area contributed by atoms with E-state index in [4.69, 9.17) is 5.11 Å². The van der Waals surface area contributed by atoms with Gasteiger partial charge in [0, 0.05) is 0 Å². The largest absolute Gasteiger partial charge is 0.478 e. The van der Waals surface area contributed by atoms with Crippen LogP contribution < -0.4 is 0 Å². The van der Waals surface area contributed by atoms with Crippen LogP contribution in [0.15, 0.2) is 6.07 Å². The van der Waals surface area contributed by atoms with Gasteiger partial charge >= 0.3 is 5.97 Å². The molecule has 2 nitrogen and oxygen atoms in total. The van der Waals surface area contributed by atoms with Crippen LogP contribution in [0.25, 0.3) is 0 Å². The quantitative estimate of drug-likeness (QED) is 0.825. The van der Waals surface area contributed by atoms with E-state index >= 15 is 0 Å². The van der Waals surface area contributed by atoms with Gasteiger partial charge in [0.1, 0.15) is 0 Å². The Morgan fingerprint density at radius 1 is 1.20 bits per heavy atom. The molecule has 0 heterocycles. The van der Waals surface area contributed by atoms with E-state index in [-0.39, 0.29) is 0 Å². The van der Waals surface area contributed by atoms with Crippen molar-refractivity contribution in [2.24, 2.45) is 0 Å². The predicted molar refractivity (Wildman–Crippen MR) is 61.6 cm³/mol. The maximum atomic E-state index is 11.0. The minimum Gasteiger partial charge on any atom is -0.478 e. The fourth-order valence-corrected chi connectivity index (χ4v) is 2.23. The Morgan fingerprint density at radius 2 is 1.73 bits per heavy atom. The normalized spacial score (nSPS) is 10.4. The average Bonchev–Trinajstić information content (AvgIpc) is 2.19. The number of aryl methyl sites for hydroxylation is 1. The van der Waals surface area contributed by atoms with Gasteiger partial charge in [-0.2, -0.15) is 0 Å². The van der Waals surface area contributed by atoms with Gasteiger partial charge in [-0.1, -0.05) is 13.8 Å². The van der Waals surface area contributed by atoms with E-state index in [1.54, 1.807) is 6.07 Å². The predicted octanol–water partition coefficient (Wildman–Crippen LogP) is 3.13. The van der Waals surface area contributed by atoms with Gasteiger partial charge in [0.2, 0.25) is 0 Å². The number of carboxylic acids is 1. The first kappa shape index (κ1) is 11.8. The lowest BCUT2D eigenvalue weighted by atomic mass is 9.90. The lowest BCUT2D eigenvalue weighted by molar-refractivity contribution is 0.0696. The van der Waals surface area contributed by atoms with Crippen LogP contribution in [0, 0.1) is 13.8 Å². The molecule has 0 atom stereocenters. The molecule has 0 spiro atoms. The summed E-state index contributed by atoms with van der Waals surface area (Å²) in [6.07, 6.45) is 1.87. The van der Waals surface area contributed by atoms with Crippen molar-refractivity contribution in [1.29, 1.82) is 0 Å². The summed E-state index contributed by atoms with van der Waals surface area (Å²) in [4.78, 5) is 11.0. The molecule has 0 radical (unpaired) electrons. The fraction of sp³-hybridized carbons (Fsp3) is 0.462. The Labute approximate surface area is 90.9 Å². The van der Waals surface area contributed by atoms with Crippen molar-refractivity contribution in [1.82, 2.24) is 0 Å². The van der Waals surface area contributed by atoms with E-state index in [9.17, 15) is 4.79 Å². The summed E-state index contributed by atoms with van der Waals surface area (Å²) < 4.78 is 0.